The van der Waals surface area contributed by atoms with Crippen molar-refractivity contribution < 1.29 is 4.79 Å². The third-order valence-electron chi connectivity index (χ3n) is 4.17. The number of rotatable bonds is 2. The largest absolute Gasteiger partial charge is 0.378 e. The quantitative estimate of drug-likeness (QED) is 0.541. The number of amides is 1. The van der Waals surface area contributed by atoms with Crippen molar-refractivity contribution in [1.29, 1.82) is 0 Å². The zero-order chi connectivity index (χ0) is 16.6. The summed E-state index contributed by atoms with van der Waals surface area (Å²) in [6.45, 7) is 3.76. The normalized spacial score (nSPS) is 20.1. The number of halogens is 2. The number of hydrogen-bond acceptors (Lipinski definition) is 2. The maximum absolute atomic E-state index is 12.1. The van der Waals surface area contributed by atoms with Gasteiger partial charge in [0.1, 0.15) is 0 Å². The molecule has 0 aromatic heterocycles. The molecule has 120 valence electrons. The molecule has 1 aliphatic heterocycles. The van der Waals surface area contributed by atoms with Gasteiger partial charge in [-0.05, 0) is 107 Å². The van der Waals surface area contributed by atoms with Gasteiger partial charge in [-0.25, -0.2) is 0 Å². The number of nitrogens with one attached hydrogen (secondary N) is 1. The van der Waals surface area contributed by atoms with Crippen LogP contribution in [0.3, 0.4) is 0 Å². The van der Waals surface area contributed by atoms with Gasteiger partial charge in [0.2, 0.25) is 5.91 Å². The fraction of sp³-hybridized carbons (Fsp3) is 0.278. The van der Waals surface area contributed by atoms with Crippen LogP contribution >= 0.6 is 45.2 Å². The lowest BCUT2D eigenvalue weighted by Crippen LogP contribution is -2.43. The molecular weight excluding hydrogens is 514 g/mol. The summed E-state index contributed by atoms with van der Waals surface area (Å²) >= 11 is 4.64. The number of carbonyl (C=O) groups excluding carboxylic acids is 1. The SMILES string of the molecule is CC(=O)N1c2ccc(I)cc2[C@@H](Nc2ccc(I)cc2)C[C@H]1C. The number of anilines is 2. The van der Waals surface area contributed by atoms with Crippen LogP contribution in [0.2, 0.25) is 0 Å². The molecule has 0 spiro atoms. The van der Waals surface area contributed by atoms with E-state index in [1.165, 1.54) is 12.7 Å². The van der Waals surface area contributed by atoms with Gasteiger partial charge in [0.15, 0.2) is 0 Å². The van der Waals surface area contributed by atoms with E-state index < -0.39 is 0 Å². The topological polar surface area (TPSA) is 32.3 Å². The molecule has 1 heterocycles. The van der Waals surface area contributed by atoms with Crippen LogP contribution < -0.4 is 10.2 Å². The van der Waals surface area contributed by atoms with E-state index >= 15 is 0 Å². The van der Waals surface area contributed by atoms with E-state index in [4.69, 9.17) is 0 Å². The molecule has 0 fully saturated rings. The minimum Gasteiger partial charge on any atom is -0.378 e. The van der Waals surface area contributed by atoms with Crippen molar-refractivity contribution in [1.82, 2.24) is 0 Å². The molecule has 0 saturated heterocycles. The number of carbonyl (C=O) groups is 1. The van der Waals surface area contributed by atoms with Gasteiger partial charge in [0, 0.05) is 31.5 Å². The van der Waals surface area contributed by atoms with Gasteiger partial charge in [-0.2, -0.15) is 0 Å². The van der Waals surface area contributed by atoms with Crippen LogP contribution in [-0.4, -0.2) is 11.9 Å². The molecule has 0 aliphatic carbocycles. The molecule has 1 amide bonds. The summed E-state index contributed by atoms with van der Waals surface area (Å²) in [5.74, 6) is 0.104. The van der Waals surface area contributed by atoms with Crippen molar-refractivity contribution in [3.8, 4) is 0 Å². The lowest BCUT2D eigenvalue weighted by Gasteiger charge is -2.39. The Balaban J connectivity index is 1.98. The Hall–Kier alpha value is -0.830. The van der Waals surface area contributed by atoms with E-state index in [9.17, 15) is 4.79 Å². The van der Waals surface area contributed by atoms with Crippen LogP contribution in [0.25, 0.3) is 0 Å². The molecule has 0 saturated carbocycles. The average Bonchev–Trinajstić information content (AvgIpc) is 2.49. The first-order valence-electron chi connectivity index (χ1n) is 7.57. The fourth-order valence-corrected chi connectivity index (χ4v) is 4.07. The van der Waals surface area contributed by atoms with Gasteiger partial charge in [0.25, 0.3) is 0 Å². The Morgan fingerprint density at radius 2 is 1.78 bits per heavy atom. The minimum absolute atomic E-state index is 0.104. The highest BCUT2D eigenvalue weighted by molar-refractivity contribution is 14.1. The second-order valence-electron chi connectivity index (χ2n) is 5.88. The minimum atomic E-state index is 0.104. The van der Waals surface area contributed by atoms with E-state index in [-0.39, 0.29) is 18.0 Å². The van der Waals surface area contributed by atoms with E-state index in [0.29, 0.717) is 0 Å². The molecule has 3 nitrogen and oxygen atoms in total. The summed E-state index contributed by atoms with van der Waals surface area (Å²) in [5.41, 5.74) is 3.34. The van der Waals surface area contributed by atoms with Gasteiger partial charge >= 0.3 is 0 Å². The van der Waals surface area contributed by atoms with E-state index in [0.717, 1.165) is 17.8 Å². The standard InChI is InChI=1S/C18H18I2N2O/c1-11-9-17(21-15-6-3-13(19)4-7-15)16-10-14(20)5-8-18(16)22(11)12(2)23/h3-8,10-11,17,21H,9H2,1-2H3/t11-,17+/m1/s1. The summed E-state index contributed by atoms with van der Waals surface area (Å²) in [7, 11) is 0. The third-order valence-corrected chi connectivity index (χ3v) is 5.56. The second-order valence-corrected chi connectivity index (χ2v) is 8.37. The van der Waals surface area contributed by atoms with Gasteiger partial charge in [-0.15, -0.1) is 0 Å². The highest BCUT2D eigenvalue weighted by Crippen LogP contribution is 2.39. The van der Waals surface area contributed by atoms with E-state index in [1.54, 1.807) is 6.92 Å². The molecule has 1 N–H and O–H groups in total. The predicted octanol–water partition coefficient (Wildman–Crippen LogP) is 5.19. The van der Waals surface area contributed by atoms with Crippen molar-refractivity contribution in [3.05, 3.63) is 55.2 Å². The molecular formula is C18H18I2N2O. The molecule has 23 heavy (non-hydrogen) atoms. The first-order valence-corrected chi connectivity index (χ1v) is 9.73. The van der Waals surface area contributed by atoms with Crippen LogP contribution in [-0.2, 0) is 4.79 Å². The summed E-state index contributed by atoms with van der Waals surface area (Å²) in [6.07, 6.45) is 0.901. The van der Waals surface area contributed by atoms with Crippen molar-refractivity contribution >= 4 is 62.5 Å². The Kier molecular flexibility index (Phi) is 5.15. The summed E-state index contributed by atoms with van der Waals surface area (Å²) in [5, 5.41) is 3.64. The maximum atomic E-state index is 12.1. The number of fused-ring (bicyclic) bond motifs is 1. The zero-order valence-corrected chi connectivity index (χ0v) is 17.3. The maximum Gasteiger partial charge on any atom is 0.224 e. The lowest BCUT2D eigenvalue weighted by molar-refractivity contribution is -0.117. The number of nitrogens with zero attached hydrogens (tertiary/aromatic N) is 1. The monoisotopic (exact) mass is 532 g/mol. The zero-order valence-electron chi connectivity index (χ0n) is 13.0. The summed E-state index contributed by atoms with van der Waals surface area (Å²) in [6, 6.07) is 15.1. The van der Waals surface area contributed by atoms with Gasteiger partial charge in [-0.1, -0.05) is 0 Å². The summed E-state index contributed by atoms with van der Waals surface area (Å²) in [4.78, 5) is 14.0. The summed E-state index contributed by atoms with van der Waals surface area (Å²) < 4.78 is 2.41. The van der Waals surface area contributed by atoms with E-state index in [2.05, 4.69) is 99.9 Å². The first kappa shape index (κ1) is 17.0. The van der Waals surface area contributed by atoms with Crippen molar-refractivity contribution in [3.63, 3.8) is 0 Å². The van der Waals surface area contributed by atoms with Gasteiger partial charge in [-0.3, -0.25) is 4.79 Å². The first-order chi connectivity index (χ1) is 11.0. The van der Waals surface area contributed by atoms with Crippen LogP contribution in [0, 0.1) is 7.14 Å². The van der Waals surface area contributed by atoms with Crippen LogP contribution in [0.5, 0.6) is 0 Å². The Labute approximate surface area is 164 Å². The molecule has 0 unspecified atom stereocenters. The average molecular weight is 532 g/mol. The Bertz CT molecular complexity index is 730. The molecule has 3 rings (SSSR count). The smallest absolute Gasteiger partial charge is 0.224 e. The molecule has 2 aromatic rings. The van der Waals surface area contributed by atoms with Crippen molar-refractivity contribution in [2.75, 3.05) is 10.2 Å². The highest BCUT2D eigenvalue weighted by Gasteiger charge is 2.32. The van der Waals surface area contributed by atoms with Gasteiger partial charge in [0.05, 0.1) is 6.04 Å². The van der Waals surface area contributed by atoms with Crippen molar-refractivity contribution in [2.24, 2.45) is 0 Å². The van der Waals surface area contributed by atoms with Crippen LogP contribution in [0.4, 0.5) is 11.4 Å². The Morgan fingerprint density at radius 1 is 1.13 bits per heavy atom. The molecule has 5 heteroatoms. The van der Waals surface area contributed by atoms with Crippen LogP contribution in [0.15, 0.2) is 42.5 Å². The highest BCUT2D eigenvalue weighted by atomic mass is 127. The number of hydrogen-bond donors (Lipinski definition) is 1. The lowest BCUT2D eigenvalue weighted by atomic mass is 9.91. The Morgan fingerprint density at radius 3 is 2.43 bits per heavy atom. The fourth-order valence-electron chi connectivity index (χ4n) is 3.20. The van der Waals surface area contributed by atoms with Crippen molar-refractivity contribution in [2.45, 2.75) is 32.4 Å². The van der Waals surface area contributed by atoms with Gasteiger partial charge < -0.3 is 10.2 Å². The third kappa shape index (κ3) is 3.65. The second kappa shape index (κ2) is 6.96. The molecule has 1 aliphatic rings. The van der Waals surface area contributed by atoms with E-state index in [1.807, 2.05) is 4.90 Å². The molecule has 2 atom stereocenters. The number of benzene rings is 2. The molecule has 0 bridgehead atoms. The predicted molar refractivity (Wildman–Crippen MR) is 112 cm³/mol. The molecule has 0 radical (unpaired) electrons. The molecule has 2 aromatic carbocycles. The van der Waals surface area contributed by atoms with Crippen LogP contribution in [0.1, 0.15) is 31.9 Å².